The molecule has 1 heterocycles. The van der Waals surface area contributed by atoms with Crippen LogP contribution >= 0.6 is 0 Å². The van der Waals surface area contributed by atoms with Crippen molar-refractivity contribution < 1.29 is 23.4 Å². The van der Waals surface area contributed by atoms with Gasteiger partial charge in [-0.15, -0.1) is 0 Å². The minimum atomic E-state index is -3.06. The lowest BCUT2D eigenvalue weighted by Crippen LogP contribution is -2.35. The summed E-state index contributed by atoms with van der Waals surface area (Å²) in [6.45, 7) is 0. The van der Waals surface area contributed by atoms with Crippen LogP contribution in [0.1, 0.15) is 16.8 Å². The molecule has 1 aliphatic rings. The number of sulfone groups is 1. The Hall–Kier alpha value is -1.76. The first-order valence-electron chi connectivity index (χ1n) is 5.41. The monoisotopic (exact) mass is 271 g/mol. The van der Waals surface area contributed by atoms with Crippen LogP contribution in [0.5, 0.6) is 11.5 Å². The number of hydrogen-bond donors (Lipinski definition) is 3. The van der Waals surface area contributed by atoms with Crippen LogP contribution in [-0.4, -0.2) is 42.1 Å². The SMILES string of the molecule is O=C(NC1CCS(=O)(=O)C1)c1ccc(O)cc1O. The lowest BCUT2D eigenvalue weighted by Gasteiger charge is -2.11. The van der Waals surface area contributed by atoms with Gasteiger partial charge in [0.25, 0.3) is 5.91 Å². The molecule has 7 heteroatoms. The minimum absolute atomic E-state index is 0.0112. The van der Waals surface area contributed by atoms with Gasteiger partial charge in [-0.3, -0.25) is 4.79 Å². The van der Waals surface area contributed by atoms with E-state index in [1.165, 1.54) is 12.1 Å². The first-order chi connectivity index (χ1) is 8.37. The molecule has 18 heavy (non-hydrogen) atoms. The van der Waals surface area contributed by atoms with Crippen LogP contribution in [-0.2, 0) is 9.84 Å². The fourth-order valence-electron chi connectivity index (χ4n) is 1.88. The van der Waals surface area contributed by atoms with Crippen molar-refractivity contribution in [2.75, 3.05) is 11.5 Å². The number of amides is 1. The Kier molecular flexibility index (Phi) is 3.16. The van der Waals surface area contributed by atoms with Crippen LogP contribution in [0.25, 0.3) is 0 Å². The summed E-state index contributed by atoms with van der Waals surface area (Å²) in [5.41, 5.74) is 0.0112. The molecule has 98 valence electrons. The number of benzene rings is 1. The van der Waals surface area contributed by atoms with E-state index < -0.39 is 21.8 Å². The molecule has 0 aromatic heterocycles. The maximum absolute atomic E-state index is 11.8. The Morgan fingerprint density at radius 2 is 2.06 bits per heavy atom. The highest BCUT2D eigenvalue weighted by Crippen LogP contribution is 2.23. The van der Waals surface area contributed by atoms with Gasteiger partial charge in [-0.1, -0.05) is 0 Å². The summed E-state index contributed by atoms with van der Waals surface area (Å²) in [4.78, 5) is 11.8. The fourth-order valence-corrected chi connectivity index (χ4v) is 3.56. The number of phenols is 2. The van der Waals surface area contributed by atoms with Crippen molar-refractivity contribution >= 4 is 15.7 Å². The average Bonchev–Trinajstić information content (AvgIpc) is 2.57. The molecule has 1 amide bonds. The van der Waals surface area contributed by atoms with Crippen molar-refractivity contribution in [3.05, 3.63) is 23.8 Å². The number of nitrogens with one attached hydrogen (secondary N) is 1. The molecule has 3 N–H and O–H groups in total. The number of carbonyl (C=O) groups is 1. The highest BCUT2D eigenvalue weighted by Gasteiger charge is 2.29. The maximum Gasteiger partial charge on any atom is 0.255 e. The first-order valence-corrected chi connectivity index (χ1v) is 7.23. The van der Waals surface area contributed by atoms with Crippen LogP contribution < -0.4 is 5.32 Å². The Morgan fingerprint density at radius 1 is 1.33 bits per heavy atom. The average molecular weight is 271 g/mol. The molecule has 1 aliphatic heterocycles. The van der Waals surface area contributed by atoms with E-state index in [9.17, 15) is 18.3 Å². The highest BCUT2D eigenvalue weighted by atomic mass is 32.2. The number of hydrogen-bond acceptors (Lipinski definition) is 5. The fraction of sp³-hybridized carbons (Fsp3) is 0.364. The molecular formula is C11H13NO5S. The standard InChI is InChI=1S/C11H13NO5S/c13-8-1-2-9(10(14)5-8)11(15)12-7-3-4-18(16,17)6-7/h1-2,5,7,13-14H,3-4,6H2,(H,12,15). The van der Waals surface area contributed by atoms with Crippen LogP contribution in [0.3, 0.4) is 0 Å². The summed E-state index contributed by atoms with van der Waals surface area (Å²) >= 11 is 0. The molecule has 1 atom stereocenters. The molecule has 0 radical (unpaired) electrons. The summed E-state index contributed by atoms with van der Waals surface area (Å²) in [7, 11) is -3.06. The molecule has 1 saturated heterocycles. The predicted octanol–water partition coefficient (Wildman–Crippen LogP) is 0.0147. The zero-order valence-electron chi connectivity index (χ0n) is 9.46. The van der Waals surface area contributed by atoms with Crippen molar-refractivity contribution in [2.45, 2.75) is 12.5 Å². The van der Waals surface area contributed by atoms with Crippen molar-refractivity contribution in [3.8, 4) is 11.5 Å². The lowest BCUT2D eigenvalue weighted by atomic mass is 10.1. The second-order valence-electron chi connectivity index (χ2n) is 4.27. The van der Waals surface area contributed by atoms with E-state index in [0.717, 1.165) is 6.07 Å². The summed E-state index contributed by atoms with van der Waals surface area (Å²) in [6, 6.07) is 3.19. The summed E-state index contributed by atoms with van der Waals surface area (Å²) in [6.07, 6.45) is 0.382. The largest absolute Gasteiger partial charge is 0.508 e. The van der Waals surface area contributed by atoms with Crippen LogP contribution in [0, 0.1) is 0 Å². The second-order valence-corrected chi connectivity index (χ2v) is 6.50. The Bertz CT molecular complexity index is 581. The number of aromatic hydroxyl groups is 2. The Morgan fingerprint density at radius 3 is 2.61 bits per heavy atom. The van der Waals surface area contributed by atoms with Gasteiger partial charge in [0, 0.05) is 12.1 Å². The summed E-state index contributed by atoms with van der Waals surface area (Å²) < 4.78 is 22.5. The lowest BCUT2D eigenvalue weighted by molar-refractivity contribution is 0.0938. The van der Waals surface area contributed by atoms with Gasteiger partial charge in [0.15, 0.2) is 9.84 Å². The van der Waals surface area contributed by atoms with E-state index in [0.29, 0.717) is 6.42 Å². The van der Waals surface area contributed by atoms with E-state index in [1.54, 1.807) is 0 Å². The van der Waals surface area contributed by atoms with Crippen molar-refractivity contribution in [1.82, 2.24) is 5.32 Å². The van der Waals surface area contributed by atoms with Crippen molar-refractivity contribution in [1.29, 1.82) is 0 Å². The maximum atomic E-state index is 11.8. The van der Waals surface area contributed by atoms with Crippen molar-refractivity contribution in [2.24, 2.45) is 0 Å². The topological polar surface area (TPSA) is 104 Å². The molecule has 1 aromatic rings. The molecule has 0 saturated carbocycles. The van der Waals surface area contributed by atoms with Gasteiger partial charge in [-0.2, -0.15) is 0 Å². The zero-order chi connectivity index (χ0) is 13.3. The smallest absolute Gasteiger partial charge is 0.255 e. The third kappa shape index (κ3) is 2.73. The minimum Gasteiger partial charge on any atom is -0.508 e. The van der Waals surface area contributed by atoms with Crippen LogP contribution in [0.2, 0.25) is 0 Å². The zero-order valence-corrected chi connectivity index (χ0v) is 10.3. The van der Waals surface area contributed by atoms with Gasteiger partial charge in [0.1, 0.15) is 11.5 Å². The molecule has 1 fully saturated rings. The Balaban J connectivity index is 2.09. The third-order valence-corrected chi connectivity index (χ3v) is 4.56. The van der Waals surface area contributed by atoms with E-state index >= 15 is 0 Å². The van der Waals surface area contributed by atoms with Gasteiger partial charge in [-0.25, -0.2) is 8.42 Å². The van der Waals surface area contributed by atoms with Gasteiger partial charge in [-0.05, 0) is 18.6 Å². The molecule has 0 bridgehead atoms. The summed E-state index contributed by atoms with van der Waals surface area (Å²) in [5.74, 6) is -1.03. The van der Waals surface area contributed by atoms with Gasteiger partial charge in [0.2, 0.25) is 0 Å². The highest BCUT2D eigenvalue weighted by molar-refractivity contribution is 7.91. The molecule has 1 unspecified atom stereocenters. The molecule has 1 aromatic carbocycles. The van der Waals surface area contributed by atoms with Crippen LogP contribution in [0.15, 0.2) is 18.2 Å². The second kappa shape index (κ2) is 4.49. The molecule has 2 rings (SSSR count). The number of phenolic OH excluding ortho intramolecular Hbond substituents is 2. The van der Waals surface area contributed by atoms with Crippen LogP contribution in [0.4, 0.5) is 0 Å². The quantitative estimate of drug-likeness (QED) is 0.703. The summed E-state index contributed by atoms with van der Waals surface area (Å²) in [5, 5.41) is 21.2. The predicted molar refractivity (Wildman–Crippen MR) is 64.3 cm³/mol. The van der Waals surface area contributed by atoms with Crippen molar-refractivity contribution in [3.63, 3.8) is 0 Å². The first kappa shape index (κ1) is 12.7. The van der Waals surface area contributed by atoms with Gasteiger partial charge < -0.3 is 15.5 Å². The normalized spacial score (nSPS) is 21.7. The Labute approximate surface area is 104 Å². The number of rotatable bonds is 2. The molecule has 6 nitrogen and oxygen atoms in total. The number of carbonyl (C=O) groups excluding carboxylic acids is 1. The van der Waals surface area contributed by atoms with E-state index in [4.69, 9.17) is 5.11 Å². The molecular weight excluding hydrogens is 258 g/mol. The van der Waals surface area contributed by atoms with Gasteiger partial charge in [0.05, 0.1) is 17.1 Å². The van der Waals surface area contributed by atoms with E-state index in [1.807, 2.05) is 0 Å². The third-order valence-electron chi connectivity index (χ3n) is 2.79. The molecule has 0 spiro atoms. The molecule has 0 aliphatic carbocycles. The van der Waals surface area contributed by atoms with E-state index in [2.05, 4.69) is 5.32 Å². The van der Waals surface area contributed by atoms with Gasteiger partial charge >= 0.3 is 0 Å². The van der Waals surface area contributed by atoms with E-state index in [-0.39, 0.29) is 28.6 Å².